The van der Waals surface area contributed by atoms with E-state index in [1.807, 2.05) is 0 Å². The number of nitrogens with one attached hydrogen (secondary N) is 1. The molecule has 5 nitrogen and oxygen atoms in total. The molecule has 1 aliphatic carbocycles. The summed E-state index contributed by atoms with van der Waals surface area (Å²) in [4.78, 5) is 23.5. The van der Waals surface area contributed by atoms with Crippen LogP contribution >= 0.6 is 15.9 Å². The first-order valence-corrected chi connectivity index (χ1v) is 7.98. The van der Waals surface area contributed by atoms with Gasteiger partial charge in [0.05, 0.1) is 0 Å². The van der Waals surface area contributed by atoms with Gasteiger partial charge in [-0.15, -0.1) is 0 Å². The predicted octanol–water partition coefficient (Wildman–Crippen LogP) is 3.14. The minimum absolute atomic E-state index is 0.0781. The highest BCUT2D eigenvalue weighted by atomic mass is 79.9. The first-order valence-electron chi connectivity index (χ1n) is 7.19. The second kappa shape index (κ2) is 7.11. The molecule has 21 heavy (non-hydrogen) atoms. The van der Waals surface area contributed by atoms with Crippen LogP contribution in [0, 0.1) is 11.8 Å². The fourth-order valence-electron chi connectivity index (χ4n) is 2.66. The maximum Gasteiger partial charge on any atom is 0.374 e. The lowest BCUT2D eigenvalue weighted by atomic mass is 9.78. The van der Waals surface area contributed by atoms with Gasteiger partial charge in [0.25, 0.3) is 5.91 Å². The van der Waals surface area contributed by atoms with Crippen molar-refractivity contribution in [1.82, 2.24) is 5.32 Å². The third-order valence-corrected chi connectivity index (χ3v) is 4.59. The first kappa shape index (κ1) is 16.1. The molecule has 1 aromatic heterocycles. The van der Waals surface area contributed by atoms with Crippen LogP contribution in [0.5, 0.6) is 0 Å². The molecule has 2 rings (SSSR count). The minimum Gasteiger partial charge on any atom is -0.450 e. The molecule has 0 bridgehead atoms. The Kier molecular flexibility index (Phi) is 5.45. The molecule has 1 aromatic rings. The van der Waals surface area contributed by atoms with Crippen molar-refractivity contribution in [2.75, 3.05) is 6.61 Å². The summed E-state index contributed by atoms with van der Waals surface area (Å²) in [6.07, 6.45) is 3.31. The summed E-state index contributed by atoms with van der Waals surface area (Å²) in [5, 5.41) is 2.96. The molecule has 1 amide bonds. The van der Waals surface area contributed by atoms with Crippen LogP contribution in [-0.4, -0.2) is 24.5 Å². The number of ether oxygens (including phenoxy) is 1. The highest BCUT2D eigenvalue weighted by Gasteiger charge is 2.28. The highest BCUT2D eigenvalue weighted by molar-refractivity contribution is 9.10. The van der Waals surface area contributed by atoms with E-state index in [-0.39, 0.29) is 24.3 Å². The number of carbonyl (C=O) groups excluding carboxylic acids is 2. The van der Waals surface area contributed by atoms with Crippen molar-refractivity contribution >= 4 is 27.8 Å². The Balaban J connectivity index is 1.78. The van der Waals surface area contributed by atoms with Crippen LogP contribution in [0.1, 0.15) is 43.7 Å². The van der Waals surface area contributed by atoms with Gasteiger partial charge in [-0.1, -0.05) is 26.7 Å². The Morgan fingerprint density at radius 1 is 1.38 bits per heavy atom. The van der Waals surface area contributed by atoms with Gasteiger partial charge in [0.1, 0.15) is 0 Å². The second-order valence-electron chi connectivity index (χ2n) is 5.62. The number of amides is 1. The van der Waals surface area contributed by atoms with Crippen molar-refractivity contribution in [3.63, 3.8) is 0 Å². The average molecular weight is 358 g/mol. The maximum absolute atomic E-state index is 11.9. The Hall–Kier alpha value is -1.30. The molecule has 1 heterocycles. The van der Waals surface area contributed by atoms with Gasteiger partial charge in [0.15, 0.2) is 11.3 Å². The molecule has 116 valence electrons. The molecule has 0 saturated heterocycles. The van der Waals surface area contributed by atoms with Crippen LogP contribution in [0.4, 0.5) is 0 Å². The van der Waals surface area contributed by atoms with Crippen molar-refractivity contribution in [2.45, 2.75) is 39.2 Å². The Bertz CT molecular complexity index is 514. The lowest BCUT2D eigenvalue weighted by molar-refractivity contribution is -0.125. The van der Waals surface area contributed by atoms with Crippen molar-refractivity contribution in [3.05, 3.63) is 22.6 Å². The number of hydrogen-bond acceptors (Lipinski definition) is 4. The van der Waals surface area contributed by atoms with Crippen molar-refractivity contribution < 1.29 is 18.7 Å². The third kappa shape index (κ3) is 4.33. The summed E-state index contributed by atoms with van der Waals surface area (Å²) < 4.78 is 10.5. The van der Waals surface area contributed by atoms with E-state index in [0.29, 0.717) is 16.5 Å². The number of esters is 1. The molecule has 0 aromatic carbocycles. The molecular formula is C15H20BrNO4. The topological polar surface area (TPSA) is 68.5 Å². The maximum atomic E-state index is 11.9. The fraction of sp³-hybridized carbons (Fsp3) is 0.600. The molecule has 1 N–H and O–H groups in total. The largest absolute Gasteiger partial charge is 0.450 e. The zero-order chi connectivity index (χ0) is 15.4. The van der Waals surface area contributed by atoms with Gasteiger partial charge in [0.2, 0.25) is 5.76 Å². The first-order chi connectivity index (χ1) is 9.97. The molecule has 1 aliphatic rings. The van der Waals surface area contributed by atoms with Gasteiger partial charge in [0, 0.05) is 6.04 Å². The summed E-state index contributed by atoms with van der Waals surface area (Å²) in [5.41, 5.74) is 0. The number of furan rings is 1. The van der Waals surface area contributed by atoms with Crippen molar-refractivity contribution in [3.8, 4) is 0 Å². The molecule has 6 heteroatoms. The summed E-state index contributed by atoms with van der Waals surface area (Å²) in [5.74, 6) is 0.224. The lowest BCUT2D eigenvalue weighted by Crippen LogP contribution is -2.45. The van der Waals surface area contributed by atoms with Gasteiger partial charge in [-0.3, -0.25) is 4.79 Å². The molecule has 0 spiro atoms. The van der Waals surface area contributed by atoms with E-state index < -0.39 is 5.97 Å². The Labute approximate surface area is 132 Å². The quantitative estimate of drug-likeness (QED) is 0.840. The molecule has 3 atom stereocenters. The third-order valence-electron chi connectivity index (χ3n) is 4.16. The predicted molar refractivity (Wildman–Crippen MR) is 80.8 cm³/mol. The number of hydrogen-bond donors (Lipinski definition) is 1. The average Bonchev–Trinajstić information content (AvgIpc) is 2.88. The highest BCUT2D eigenvalue weighted by Crippen LogP contribution is 2.29. The summed E-state index contributed by atoms with van der Waals surface area (Å²) in [6, 6.07) is 3.26. The van der Waals surface area contributed by atoms with E-state index in [1.165, 1.54) is 12.5 Å². The monoisotopic (exact) mass is 357 g/mol. The van der Waals surface area contributed by atoms with Gasteiger partial charge < -0.3 is 14.5 Å². The van der Waals surface area contributed by atoms with Crippen LogP contribution in [0.15, 0.2) is 21.2 Å². The molecule has 0 aliphatic heterocycles. The van der Waals surface area contributed by atoms with E-state index in [9.17, 15) is 9.59 Å². The molecule has 0 unspecified atom stereocenters. The standard InChI is InChI=1S/C15H20BrNO4/c1-9-4-3-5-11(10(9)2)17-14(18)8-20-15(19)12-6-7-13(16)21-12/h6-7,9-11H,3-5,8H2,1-2H3,(H,17,18)/t9-,10+,11-/m1/s1. The van der Waals surface area contributed by atoms with Crippen LogP contribution < -0.4 is 5.32 Å². The second-order valence-corrected chi connectivity index (χ2v) is 6.40. The summed E-state index contributed by atoms with van der Waals surface area (Å²) >= 11 is 3.10. The van der Waals surface area contributed by atoms with Crippen LogP contribution in [0.25, 0.3) is 0 Å². The summed E-state index contributed by atoms with van der Waals surface area (Å²) in [7, 11) is 0. The zero-order valence-corrected chi connectivity index (χ0v) is 13.8. The van der Waals surface area contributed by atoms with Gasteiger partial charge in [-0.2, -0.15) is 0 Å². The van der Waals surface area contributed by atoms with Crippen LogP contribution in [0.2, 0.25) is 0 Å². The van der Waals surface area contributed by atoms with E-state index in [1.54, 1.807) is 6.07 Å². The summed E-state index contributed by atoms with van der Waals surface area (Å²) in [6.45, 7) is 4.08. The molecule has 1 fully saturated rings. The lowest BCUT2D eigenvalue weighted by Gasteiger charge is -2.34. The van der Waals surface area contributed by atoms with Crippen molar-refractivity contribution in [1.29, 1.82) is 0 Å². The number of halogens is 1. The van der Waals surface area contributed by atoms with Gasteiger partial charge in [-0.25, -0.2) is 4.79 Å². The Morgan fingerprint density at radius 2 is 2.14 bits per heavy atom. The van der Waals surface area contributed by atoms with E-state index in [2.05, 4.69) is 35.1 Å². The number of rotatable bonds is 4. The molecule has 0 radical (unpaired) electrons. The fourth-order valence-corrected chi connectivity index (χ4v) is 2.97. The normalized spacial score (nSPS) is 25.4. The van der Waals surface area contributed by atoms with Crippen LogP contribution in [0.3, 0.4) is 0 Å². The SMILES string of the molecule is C[C@H]1[C@H](C)CCC[C@H]1NC(=O)COC(=O)c1ccc(Br)o1. The van der Waals surface area contributed by atoms with E-state index in [4.69, 9.17) is 9.15 Å². The number of carbonyl (C=O) groups is 2. The molecular weight excluding hydrogens is 338 g/mol. The van der Waals surface area contributed by atoms with E-state index in [0.717, 1.165) is 12.8 Å². The van der Waals surface area contributed by atoms with Crippen molar-refractivity contribution in [2.24, 2.45) is 11.8 Å². The zero-order valence-electron chi connectivity index (χ0n) is 12.2. The van der Waals surface area contributed by atoms with Gasteiger partial charge in [-0.05, 0) is 46.3 Å². The molecule has 1 saturated carbocycles. The smallest absolute Gasteiger partial charge is 0.374 e. The van der Waals surface area contributed by atoms with Gasteiger partial charge >= 0.3 is 5.97 Å². The Morgan fingerprint density at radius 3 is 2.81 bits per heavy atom. The van der Waals surface area contributed by atoms with Crippen LogP contribution in [-0.2, 0) is 9.53 Å². The minimum atomic E-state index is -0.638. The van der Waals surface area contributed by atoms with E-state index >= 15 is 0 Å².